The van der Waals surface area contributed by atoms with Crippen molar-refractivity contribution in [3.63, 3.8) is 0 Å². The quantitative estimate of drug-likeness (QED) is 0.733. The Morgan fingerprint density at radius 3 is 2.80 bits per heavy atom. The molecule has 1 aromatic heterocycles. The van der Waals surface area contributed by atoms with E-state index < -0.39 is 5.82 Å². The van der Waals surface area contributed by atoms with Crippen LogP contribution in [-0.4, -0.2) is 4.98 Å². The predicted molar refractivity (Wildman–Crippen MR) is 62.1 cm³/mol. The Morgan fingerprint density at radius 2 is 2.20 bits per heavy atom. The van der Waals surface area contributed by atoms with Crippen LogP contribution in [0.1, 0.15) is 5.69 Å². The molecular weight excluding hydrogens is 256 g/mol. The molecule has 1 heterocycles. The predicted octanol–water partition coefficient (Wildman–Crippen LogP) is 4.34. The van der Waals surface area contributed by atoms with Gasteiger partial charge in [0.1, 0.15) is 10.8 Å². The summed E-state index contributed by atoms with van der Waals surface area (Å²) >= 11 is 12.7. The van der Waals surface area contributed by atoms with E-state index in [0.717, 1.165) is 16.3 Å². The van der Waals surface area contributed by atoms with E-state index in [-0.39, 0.29) is 5.02 Å². The normalized spacial score (nSPS) is 10.6. The van der Waals surface area contributed by atoms with E-state index in [4.69, 9.17) is 23.2 Å². The standard InChI is InChI=1S/C10H6Cl2FNS/c11-4-7-5-15-10(14-7)6-1-2-8(12)9(13)3-6/h1-3,5H,4H2. The minimum Gasteiger partial charge on any atom is -0.240 e. The maximum Gasteiger partial charge on any atom is 0.142 e. The number of hydrogen-bond acceptors (Lipinski definition) is 2. The summed E-state index contributed by atoms with van der Waals surface area (Å²) in [4.78, 5) is 4.25. The summed E-state index contributed by atoms with van der Waals surface area (Å²) in [5.74, 6) is -0.0659. The summed E-state index contributed by atoms with van der Waals surface area (Å²) in [5.41, 5.74) is 1.52. The van der Waals surface area contributed by atoms with Crippen molar-refractivity contribution in [2.24, 2.45) is 0 Å². The summed E-state index contributed by atoms with van der Waals surface area (Å²) < 4.78 is 13.2. The molecule has 1 nitrogen and oxygen atoms in total. The highest BCUT2D eigenvalue weighted by molar-refractivity contribution is 7.13. The van der Waals surface area contributed by atoms with Gasteiger partial charge in [0.15, 0.2) is 0 Å². The molecule has 0 amide bonds. The fourth-order valence-electron chi connectivity index (χ4n) is 1.13. The van der Waals surface area contributed by atoms with Crippen molar-refractivity contribution in [2.45, 2.75) is 5.88 Å². The van der Waals surface area contributed by atoms with Gasteiger partial charge in [0, 0.05) is 10.9 Å². The molecule has 15 heavy (non-hydrogen) atoms. The second-order valence-electron chi connectivity index (χ2n) is 2.91. The van der Waals surface area contributed by atoms with E-state index in [1.165, 1.54) is 23.5 Å². The third-order valence-corrected chi connectivity index (χ3v) is 3.38. The average molecular weight is 262 g/mol. The molecule has 2 rings (SSSR count). The van der Waals surface area contributed by atoms with Gasteiger partial charge in [0.25, 0.3) is 0 Å². The third kappa shape index (κ3) is 2.30. The number of rotatable bonds is 2. The van der Waals surface area contributed by atoms with Crippen LogP contribution in [-0.2, 0) is 5.88 Å². The van der Waals surface area contributed by atoms with Crippen LogP contribution >= 0.6 is 34.5 Å². The Morgan fingerprint density at radius 1 is 1.40 bits per heavy atom. The van der Waals surface area contributed by atoms with Gasteiger partial charge in [-0.15, -0.1) is 22.9 Å². The SMILES string of the molecule is Fc1cc(-c2nc(CCl)cs2)ccc1Cl. The Bertz CT molecular complexity index is 484. The molecule has 0 aliphatic heterocycles. The van der Waals surface area contributed by atoms with Crippen LogP contribution in [0.2, 0.25) is 5.02 Å². The fraction of sp³-hybridized carbons (Fsp3) is 0.100. The smallest absolute Gasteiger partial charge is 0.142 e. The number of thiazole rings is 1. The van der Waals surface area contributed by atoms with Gasteiger partial charge >= 0.3 is 0 Å². The van der Waals surface area contributed by atoms with E-state index in [0.29, 0.717) is 5.88 Å². The van der Waals surface area contributed by atoms with E-state index in [9.17, 15) is 4.39 Å². The molecule has 0 aliphatic carbocycles. The van der Waals surface area contributed by atoms with Crippen LogP contribution in [0.25, 0.3) is 10.6 Å². The molecule has 0 N–H and O–H groups in total. The number of nitrogens with zero attached hydrogens (tertiary/aromatic N) is 1. The maximum atomic E-state index is 13.2. The average Bonchev–Trinajstić information content (AvgIpc) is 2.70. The lowest BCUT2D eigenvalue weighted by Crippen LogP contribution is -1.82. The number of halogens is 3. The van der Waals surface area contributed by atoms with Crippen molar-refractivity contribution in [3.8, 4) is 10.6 Å². The van der Waals surface area contributed by atoms with Crippen molar-refractivity contribution < 1.29 is 4.39 Å². The van der Waals surface area contributed by atoms with E-state index in [1.54, 1.807) is 6.07 Å². The molecular formula is C10H6Cl2FNS. The molecule has 5 heteroatoms. The molecule has 0 bridgehead atoms. The van der Waals surface area contributed by atoms with Gasteiger partial charge in [0.2, 0.25) is 0 Å². The second kappa shape index (κ2) is 4.47. The Balaban J connectivity index is 2.40. The fourth-order valence-corrected chi connectivity index (χ4v) is 2.29. The monoisotopic (exact) mass is 261 g/mol. The van der Waals surface area contributed by atoms with Crippen molar-refractivity contribution >= 4 is 34.5 Å². The third-order valence-electron chi connectivity index (χ3n) is 1.86. The molecule has 0 atom stereocenters. The molecule has 78 valence electrons. The lowest BCUT2D eigenvalue weighted by molar-refractivity contribution is 0.629. The lowest BCUT2D eigenvalue weighted by atomic mass is 10.2. The van der Waals surface area contributed by atoms with Gasteiger partial charge in [-0.1, -0.05) is 17.7 Å². The molecule has 1 aromatic carbocycles. The lowest BCUT2D eigenvalue weighted by Gasteiger charge is -1.97. The number of benzene rings is 1. The second-order valence-corrected chi connectivity index (χ2v) is 4.44. The van der Waals surface area contributed by atoms with Crippen molar-refractivity contribution in [2.75, 3.05) is 0 Å². The van der Waals surface area contributed by atoms with Crippen LogP contribution in [0, 0.1) is 5.82 Å². The van der Waals surface area contributed by atoms with E-state index in [2.05, 4.69) is 4.98 Å². The number of alkyl halides is 1. The molecule has 0 radical (unpaired) electrons. The zero-order chi connectivity index (χ0) is 10.8. The summed E-state index contributed by atoms with van der Waals surface area (Å²) in [6, 6.07) is 4.63. The zero-order valence-corrected chi connectivity index (χ0v) is 9.83. The molecule has 2 aromatic rings. The summed E-state index contributed by atoms with van der Waals surface area (Å²) in [5, 5.41) is 2.73. The van der Waals surface area contributed by atoms with Crippen LogP contribution in [0.4, 0.5) is 4.39 Å². The van der Waals surface area contributed by atoms with Crippen LogP contribution in [0.15, 0.2) is 23.6 Å². The molecule has 0 fully saturated rings. The summed E-state index contributed by atoms with van der Waals surface area (Å²) in [6.07, 6.45) is 0. The Kier molecular flexibility index (Phi) is 3.24. The van der Waals surface area contributed by atoms with Gasteiger partial charge < -0.3 is 0 Å². The Hall–Kier alpha value is -0.640. The Labute approximate surface area is 100 Å². The highest BCUT2D eigenvalue weighted by Gasteiger charge is 2.07. The van der Waals surface area contributed by atoms with Crippen molar-refractivity contribution in [3.05, 3.63) is 40.1 Å². The summed E-state index contributed by atoms with van der Waals surface area (Å²) in [6.45, 7) is 0. The molecule has 0 saturated carbocycles. The number of hydrogen-bond donors (Lipinski definition) is 0. The van der Waals surface area contributed by atoms with Gasteiger partial charge in [-0.25, -0.2) is 9.37 Å². The largest absolute Gasteiger partial charge is 0.240 e. The molecule has 0 saturated heterocycles. The molecule has 0 spiro atoms. The first-order chi connectivity index (χ1) is 7.20. The van der Waals surface area contributed by atoms with E-state index in [1.807, 2.05) is 5.38 Å². The van der Waals surface area contributed by atoms with E-state index >= 15 is 0 Å². The first kappa shape index (κ1) is 10.9. The highest BCUT2D eigenvalue weighted by Crippen LogP contribution is 2.27. The van der Waals surface area contributed by atoms with Crippen molar-refractivity contribution in [1.29, 1.82) is 0 Å². The zero-order valence-electron chi connectivity index (χ0n) is 7.51. The highest BCUT2D eigenvalue weighted by atomic mass is 35.5. The first-order valence-corrected chi connectivity index (χ1v) is 5.95. The van der Waals surface area contributed by atoms with Crippen LogP contribution < -0.4 is 0 Å². The number of aromatic nitrogens is 1. The van der Waals surface area contributed by atoms with Gasteiger partial charge in [-0.3, -0.25) is 0 Å². The van der Waals surface area contributed by atoms with Gasteiger partial charge in [-0.05, 0) is 12.1 Å². The minimum atomic E-state index is -0.434. The van der Waals surface area contributed by atoms with Gasteiger partial charge in [-0.2, -0.15) is 0 Å². The minimum absolute atomic E-state index is 0.118. The van der Waals surface area contributed by atoms with Gasteiger partial charge in [0.05, 0.1) is 16.6 Å². The van der Waals surface area contributed by atoms with Crippen LogP contribution in [0.5, 0.6) is 0 Å². The topological polar surface area (TPSA) is 12.9 Å². The van der Waals surface area contributed by atoms with Crippen LogP contribution in [0.3, 0.4) is 0 Å². The molecule has 0 aliphatic rings. The summed E-state index contributed by atoms with van der Waals surface area (Å²) in [7, 11) is 0. The first-order valence-electron chi connectivity index (χ1n) is 4.16. The maximum absolute atomic E-state index is 13.2. The molecule has 0 unspecified atom stereocenters. The van der Waals surface area contributed by atoms with Crippen molar-refractivity contribution in [1.82, 2.24) is 4.98 Å².